The van der Waals surface area contributed by atoms with E-state index in [0.717, 1.165) is 17.9 Å². The van der Waals surface area contributed by atoms with Gasteiger partial charge in [-0.25, -0.2) is 13.1 Å². The van der Waals surface area contributed by atoms with Crippen LogP contribution < -0.4 is 10.5 Å². The van der Waals surface area contributed by atoms with Crippen LogP contribution in [0.5, 0.6) is 0 Å². The van der Waals surface area contributed by atoms with Crippen molar-refractivity contribution in [3.63, 3.8) is 0 Å². The van der Waals surface area contributed by atoms with E-state index in [1.807, 2.05) is 6.92 Å². The minimum absolute atomic E-state index is 0.113. The number of thioether (sulfide) groups is 1. The van der Waals surface area contributed by atoms with E-state index in [1.54, 1.807) is 11.8 Å². The van der Waals surface area contributed by atoms with Gasteiger partial charge in [-0.1, -0.05) is 30.7 Å². The molecule has 0 aliphatic carbocycles. The summed E-state index contributed by atoms with van der Waals surface area (Å²) in [6, 6.07) is 4.21. The third kappa shape index (κ3) is 5.75. The Morgan fingerprint density at radius 3 is 2.71 bits per heavy atom. The van der Waals surface area contributed by atoms with Crippen molar-refractivity contribution in [3.8, 4) is 0 Å². The van der Waals surface area contributed by atoms with Gasteiger partial charge in [0.25, 0.3) is 0 Å². The van der Waals surface area contributed by atoms with Crippen molar-refractivity contribution in [2.75, 3.05) is 11.5 Å². The molecule has 3 N–H and O–H groups in total. The highest BCUT2D eigenvalue weighted by Crippen LogP contribution is 2.21. The quantitative estimate of drug-likeness (QED) is 0.546. The molecule has 8 heteroatoms. The summed E-state index contributed by atoms with van der Waals surface area (Å²) in [6.45, 7) is 3.92. The third-order valence-corrected chi connectivity index (χ3v) is 5.82. The second-order valence-electron chi connectivity index (χ2n) is 4.51. The molecule has 0 saturated carbocycles. The van der Waals surface area contributed by atoms with Gasteiger partial charge in [0.1, 0.15) is 4.99 Å². The number of benzene rings is 1. The average Bonchev–Trinajstić information content (AvgIpc) is 2.37. The second-order valence-corrected chi connectivity index (χ2v) is 8.47. The zero-order valence-corrected chi connectivity index (χ0v) is 15.1. The first-order valence-electron chi connectivity index (χ1n) is 6.47. The van der Waals surface area contributed by atoms with Crippen LogP contribution in [0.15, 0.2) is 23.1 Å². The molecule has 1 aromatic carbocycles. The number of sulfonamides is 1. The average molecular weight is 367 g/mol. The van der Waals surface area contributed by atoms with E-state index in [2.05, 4.69) is 11.6 Å². The molecule has 0 saturated heterocycles. The maximum atomic E-state index is 12.3. The Kier molecular flexibility index (Phi) is 7.42. The molecule has 0 fully saturated rings. The van der Waals surface area contributed by atoms with E-state index in [0.29, 0.717) is 5.56 Å². The highest BCUT2D eigenvalue weighted by molar-refractivity contribution is 7.99. The van der Waals surface area contributed by atoms with Gasteiger partial charge in [0.2, 0.25) is 10.0 Å². The SMILES string of the molecule is CCSCCC(C)NS(=O)(=O)c1ccc(C(N)=S)c(Cl)c1. The normalized spacial score (nSPS) is 13.1. The van der Waals surface area contributed by atoms with Crippen molar-refractivity contribution in [1.29, 1.82) is 0 Å². The number of rotatable bonds is 8. The third-order valence-electron chi connectivity index (χ3n) is 2.77. The van der Waals surface area contributed by atoms with Crippen LogP contribution in [0.25, 0.3) is 0 Å². The van der Waals surface area contributed by atoms with E-state index in [1.165, 1.54) is 18.2 Å². The van der Waals surface area contributed by atoms with Gasteiger partial charge in [-0.3, -0.25) is 0 Å². The molecule has 0 spiro atoms. The van der Waals surface area contributed by atoms with Gasteiger partial charge < -0.3 is 5.73 Å². The number of thiocarbonyl (C=S) groups is 1. The van der Waals surface area contributed by atoms with E-state index in [-0.39, 0.29) is 20.9 Å². The summed E-state index contributed by atoms with van der Waals surface area (Å²) in [7, 11) is -3.59. The smallest absolute Gasteiger partial charge is 0.240 e. The maximum Gasteiger partial charge on any atom is 0.240 e. The molecule has 0 aromatic heterocycles. The molecule has 1 atom stereocenters. The fraction of sp³-hybridized carbons (Fsp3) is 0.462. The van der Waals surface area contributed by atoms with Crippen LogP contribution in [-0.2, 0) is 10.0 Å². The molecule has 0 aliphatic heterocycles. The molecule has 1 unspecified atom stereocenters. The lowest BCUT2D eigenvalue weighted by atomic mass is 10.2. The Labute approximate surface area is 140 Å². The van der Waals surface area contributed by atoms with Gasteiger partial charge >= 0.3 is 0 Å². The molecule has 1 rings (SSSR count). The maximum absolute atomic E-state index is 12.3. The van der Waals surface area contributed by atoms with Crippen molar-refractivity contribution in [1.82, 2.24) is 4.72 Å². The molecule has 0 heterocycles. The fourth-order valence-corrected chi connectivity index (χ4v) is 4.35. The van der Waals surface area contributed by atoms with Crippen LogP contribution >= 0.6 is 35.6 Å². The lowest BCUT2D eigenvalue weighted by molar-refractivity contribution is 0.557. The molecule has 0 aliphatic rings. The predicted octanol–water partition coefficient (Wildman–Crippen LogP) is 2.78. The van der Waals surface area contributed by atoms with Gasteiger partial charge in [0.15, 0.2) is 0 Å². The Balaban J connectivity index is 2.83. The predicted molar refractivity (Wildman–Crippen MR) is 94.7 cm³/mol. The Morgan fingerprint density at radius 1 is 1.52 bits per heavy atom. The van der Waals surface area contributed by atoms with Gasteiger partial charge in [0, 0.05) is 11.6 Å². The van der Waals surface area contributed by atoms with E-state index < -0.39 is 10.0 Å². The van der Waals surface area contributed by atoms with Crippen LogP contribution in [0.3, 0.4) is 0 Å². The molecule has 0 radical (unpaired) electrons. The zero-order valence-electron chi connectivity index (χ0n) is 11.9. The van der Waals surface area contributed by atoms with Crippen molar-refractivity contribution in [2.24, 2.45) is 5.73 Å². The Morgan fingerprint density at radius 2 is 2.19 bits per heavy atom. The van der Waals surface area contributed by atoms with Crippen LogP contribution in [0.2, 0.25) is 5.02 Å². The lowest BCUT2D eigenvalue weighted by Gasteiger charge is -2.14. The first kappa shape index (κ1) is 18.7. The summed E-state index contributed by atoms with van der Waals surface area (Å²) in [5.74, 6) is 1.94. The largest absolute Gasteiger partial charge is 0.389 e. The van der Waals surface area contributed by atoms with Crippen LogP contribution in [0.1, 0.15) is 25.8 Å². The minimum Gasteiger partial charge on any atom is -0.389 e. The number of hydrogen-bond acceptors (Lipinski definition) is 4. The first-order chi connectivity index (χ1) is 9.77. The summed E-state index contributed by atoms with van der Waals surface area (Å²) in [4.78, 5) is 0.254. The topological polar surface area (TPSA) is 72.2 Å². The summed E-state index contributed by atoms with van der Waals surface area (Å²) in [5.41, 5.74) is 5.97. The lowest BCUT2D eigenvalue weighted by Crippen LogP contribution is -2.33. The molecular formula is C13H19ClN2O2S3. The van der Waals surface area contributed by atoms with Gasteiger partial charge in [-0.2, -0.15) is 11.8 Å². The molecule has 1 aromatic rings. The minimum atomic E-state index is -3.59. The van der Waals surface area contributed by atoms with Crippen molar-refractivity contribution in [2.45, 2.75) is 31.2 Å². The monoisotopic (exact) mass is 366 g/mol. The Bertz CT molecular complexity index is 605. The molecule has 4 nitrogen and oxygen atoms in total. The number of hydrogen-bond donors (Lipinski definition) is 2. The van der Waals surface area contributed by atoms with E-state index in [9.17, 15) is 8.42 Å². The van der Waals surface area contributed by atoms with Crippen LogP contribution in [0.4, 0.5) is 0 Å². The van der Waals surface area contributed by atoms with Crippen molar-refractivity contribution >= 4 is 50.6 Å². The van der Waals surface area contributed by atoms with Gasteiger partial charge in [0.05, 0.1) is 9.92 Å². The summed E-state index contributed by atoms with van der Waals surface area (Å²) >= 11 is 12.6. The molecule has 0 bridgehead atoms. The number of nitrogens with one attached hydrogen (secondary N) is 1. The molecule has 0 amide bonds. The summed E-state index contributed by atoms with van der Waals surface area (Å²) < 4.78 is 27.2. The van der Waals surface area contributed by atoms with Crippen LogP contribution in [-0.4, -0.2) is 31.0 Å². The van der Waals surface area contributed by atoms with Crippen molar-refractivity contribution in [3.05, 3.63) is 28.8 Å². The zero-order chi connectivity index (χ0) is 16.0. The second kappa shape index (κ2) is 8.33. The van der Waals surface area contributed by atoms with E-state index in [4.69, 9.17) is 29.6 Å². The highest BCUT2D eigenvalue weighted by atomic mass is 35.5. The first-order valence-corrected chi connectivity index (χ1v) is 9.89. The fourth-order valence-electron chi connectivity index (χ4n) is 1.66. The van der Waals surface area contributed by atoms with Gasteiger partial charge in [-0.05, 0) is 43.0 Å². The Hall–Kier alpha value is -0.340. The molecule has 118 valence electrons. The highest BCUT2D eigenvalue weighted by Gasteiger charge is 2.18. The van der Waals surface area contributed by atoms with E-state index >= 15 is 0 Å². The summed E-state index contributed by atoms with van der Waals surface area (Å²) in [6.07, 6.45) is 0.774. The standard InChI is InChI=1S/C13H19ClN2O2S3/c1-3-20-7-6-9(2)16-21(17,18)10-4-5-11(13(15)19)12(14)8-10/h4-5,8-9,16H,3,6-7H2,1-2H3,(H2,15,19). The molecular weight excluding hydrogens is 348 g/mol. The number of nitrogens with two attached hydrogens (primary N) is 1. The van der Waals surface area contributed by atoms with Crippen LogP contribution in [0, 0.1) is 0 Å². The van der Waals surface area contributed by atoms with Crippen molar-refractivity contribution < 1.29 is 8.42 Å². The number of halogens is 1. The van der Waals surface area contributed by atoms with Gasteiger partial charge in [-0.15, -0.1) is 0 Å². The summed E-state index contributed by atoms with van der Waals surface area (Å²) in [5, 5.41) is 0.236. The molecule has 21 heavy (non-hydrogen) atoms.